The predicted octanol–water partition coefficient (Wildman–Crippen LogP) is 3.96. The van der Waals surface area contributed by atoms with Gasteiger partial charge in [0.05, 0.1) is 11.6 Å². The molecule has 2 amide bonds. The van der Waals surface area contributed by atoms with Gasteiger partial charge in [0.2, 0.25) is 0 Å². The second-order valence-corrected chi connectivity index (χ2v) is 8.76. The maximum Gasteiger partial charge on any atom is 0.319 e. The number of rotatable bonds is 5. The molecule has 3 atom stereocenters. The van der Waals surface area contributed by atoms with Crippen LogP contribution < -0.4 is 20.9 Å². The van der Waals surface area contributed by atoms with Crippen molar-refractivity contribution in [3.05, 3.63) is 54.1 Å². The summed E-state index contributed by atoms with van der Waals surface area (Å²) in [6, 6.07) is 17.0. The van der Waals surface area contributed by atoms with Gasteiger partial charge in [0.15, 0.2) is 0 Å². The summed E-state index contributed by atoms with van der Waals surface area (Å²) in [4.78, 5) is 14.9. The Morgan fingerprint density at radius 3 is 2.56 bits per heavy atom. The van der Waals surface area contributed by atoms with Gasteiger partial charge in [0, 0.05) is 48.7 Å². The molecule has 0 aromatic heterocycles. The number of nitrogens with one attached hydrogen (secondary N) is 3. The third-order valence-electron chi connectivity index (χ3n) is 6.42. The summed E-state index contributed by atoms with van der Waals surface area (Å²) in [5.41, 5.74) is 2.41. The third-order valence-corrected chi connectivity index (χ3v) is 6.42. The summed E-state index contributed by atoms with van der Waals surface area (Å²) in [5, 5.41) is 28.4. The largest absolute Gasteiger partial charge is 0.508 e. The van der Waals surface area contributed by atoms with E-state index in [4.69, 9.17) is 5.26 Å². The van der Waals surface area contributed by atoms with Crippen LogP contribution in [0.1, 0.15) is 44.1 Å². The van der Waals surface area contributed by atoms with Gasteiger partial charge in [-0.05, 0) is 62.1 Å². The number of urea groups is 1. The number of amides is 2. The van der Waals surface area contributed by atoms with Crippen LogP contribution in [0.2, 0.25) is 0 Å². The van der Waals surface area contributed by atoms with Crippen molar-refractivity contribution >= 4 is 17.4 Å². The van der Waals surface area contributed by atoms with Crippen molar-refractivity contribution in [2.45, 2.75) is 56.7 Å². The number of piperidine rings is 1. The van der Waals surface area contributed by atoms with Crippen LogP contribution in [-0.4, -0.2) is 42.4 Å². The summed E-state index contributed by atoms with van der Waals surface area (Å²) in [5.74, 6) is 0.129. The number of anilines is 2. The number of phenolic OH excluding ortho intramolecular Hbond substituents is 1. The van der Waals surface area contributed by atoms with E-state index in [2.05, 4.69) is 26.9 Å². The third kappa shape index (κ3) is 5.71. The molecular formula is C25H31N5O2. The lowest BCUT2D eigenvalue weighted by atomic mass is 9.89. The lowest BCUT2D eigenvalue weighted by Gasteiger charge is -2.40. The first-order chi connectivity index (χ1) is 15.6. The average Bonchev–Trinajstić information content (AvgIpc) is 2.80. The molecule has 168 valence electrons. The number of carbonyl (C=O) groups is 1. The summed E-state index contributed by atoms with van der Waals surface area (Å²) in [6.07, 6.45) is 6.50. The van der Waals surface area contributed by atoms with Crippen molar-refractivity contribution in [2.75, 3.05) is 23.3 Å². The highest BCUT2D eigenvalue weighted by Crippen LogP contribution is 2.24. The van der Waals surface area contributed by atoms with Crippen molar-refractivity contribution in [3.8, 4) is 11.8 Å². The first-order valence-corrected chi connectivity index (χ1v) is 11.5. The minimum atomic E-state index is -0.239. The number of hydrogen-bond donors (Lipinski definition) is 4. The van der Waals surface area contributed by atoms with Gasteiger partial charge >= 0.3 is 6.03 Å². The highest BCUT2D eigenvalue weighted by Gasteiger charge is 2.30. The predicted molar refractivity (Wildman–Crippen MR) is 126 cm³/mol. The Hall–Kier alpha value is -3.24. The zero-order chi connectivity index (χ0) is 22.3. The molecular weight excluding hydrogens is 402 g/mol. The van der Waals surface area contributed by atoms with Gasteiger partial charge in [-0.15, -0.1) is 0 Å². The van der Waals surface area contributed by atoms with Crippen molar-refractivity contribution < 1.29 is 9.90 Å². The van der Waals surface area contributed by atoms with E-state index in [1.54, 1.807) is 18.2 Å². The quantitative estimate of drug-likeness (QED) is 0.572. The van der Waals surface area contributed by atoms with Crippen LogP contribution in [0.5, 0.6) is 5.75 Å². The van der Waals surface area contributed by atoms with Gasteiger partial charge in [-0.3, -0.25) is 0 Å². The number of nitriles is 1. The molecule has 1 aliphatic carbocycles. The molecule has 2 aliphatic rings. The minimum Gasteiger partial charge on any atom is -0.508 e. The summed E-state index contributed by atoms with van der Waals surface area (Å²) < 4.78 is 0. The molecule has 2 aromatic carbocycles. The SMILES string of the molecule is N#Cc1ccc(N2CCCC(NC3CCCCC3NC(=O)Nc3cccc(O)c3)C2)cc1. The molecule has 1 saturated carbocycles. The summed E-state index contributed by atoms with van der Waals surface area (Å²) in [6.45, 7) is 1.94. The summed E-state index contributed by atoms with van der Waals surface area (Å²) in [7, 11) is 0. The van der Waals surface area contributed by atoms with Crippen LogP contribution in [0.3, 0.4) is 0 Å². The van der Waals surface area contributed by atoms with Gasteiger partial charge in [-0.2, -0.15) is 5.26 Å². The smallest absolute Gasteiger partial charge is 0.319 e. The maximum absolute atomic E-state index is 12.6. The van der Waals surface area contributed by atoms with Crippen molar-refractivity contribution in [2.24, 2.45) is 0 Å². The molecule has 7 nitrogen and oxygen atoms in total. The zero-order valence-electron chi connectivity index (χ0n) is 18.3. The number of benzene rings is 2. The fourth-order valence-corrected chi connectivity index (χ4v) is 4.82. The van der Waals surface area contributed by atoms with E-state index in [-0.39, 0.29) is 23.9 Å². The molecule has 32 heavy (non-hydrogen) atoms. The minimum absolute atomic E-state index is 0.0753. The molecule has 4 rings (SSSR count). The Morgan fingerprint density at radius 1 is 1.03 bits per heavy atom. The zero-order valence-corrected chi connectivity index (χ0v) is 18.3. The maximum atomic E-state index is 12.6. The van der Waals surface area contributed by atoms with Crippen LogP contribution >= 0.6 is 0 Å². The Morgan fingerprint density at radius 2 is 1.81 bits per heavy atom. The first kappa shape index (κ1) is 22.0. The molecule has 0 radical (unpaired) electrons. The van der Waals surface area contributed by atoms with Gasteiger partial charge in [0.1, 0.15) is 5.75 Å². The fourth-order valence-electron chi connectivity index (χ4n) is 4.82. The number of nitrogens with zero attached hydrogens (tertiary/aromatic N) is 2. The van der Waals surface area contributed by atoms with Crippen molar-refractivity contribution in [1.82, 2.24) is 10.6 Å². The molecule has 1 heterocycles. The molecule has 1 saturated heterocycles. The second kappa shape index (κ2) is 10.4. The average molecular weight is 434 g/mol. The lowest BCUT2D eigenvalue weighted by Crippen LogP contribution is -2.57. The normalized spacial score (nSPS) is 23.2. The molecule has 1 aliphatic heterocycles. The Labute approximate surface area is 189 Å². The Balaban J connectivity index is 1.34. The number of hydrogen-bond acceptors (Lipinski definition) is 5. The van der Waals surface area contributed by atoms with E-state index < -0.39 is 0 Å². The van der Waals surface area contributed by atoms with Crippen molar-refractivity contribution in [1.29, 1.82) is 5.26 Å². The van der Waals surface area contributed by atoms with Gasteiger partial charge in [0.25, 0.3) is 0 Å². The number of phenols is 1. The van der Waals surface area contributed by atoms with E-state index in [0.717, 1.165) is 57.3 Å². The topological polar surface area (TPSA) is 100 Å². The van der Waals surface area contributed by atoms with E-state index in [1.807, 2.05) is 24.3 Å². The number of carbonyl (C=O) groups excluding carboxylic acids is 1. The van der Waals surface area contributed by atoms with Gasteiger partial charge in [-0.1, -0.05) is 18.9 Å². The van der Waals surface area contributed by atoms with E-state index in [1.165, 1.54) is 6.07 Å². The highest BCUT2D eigenvalue weighted by molar-refractivity contribution is 5.89. The van der Waals surface area contributed by atoms with E-state index in [9.17, 15) is 9.90 Å². The van der Waals surface area contributed by atoms with E-state index >= 15 is 0 Å². The molecule has 0 bridgehead atoms. The van der Waals surface area contributed by atoms with Crippen molar-refractivity contribution in [3.63, 3.8) is 0 Å². The first-order valence-electron chi connectivity index (χ1n) is 11.5. The van der Waals surface area contributed by atoms with Crippen LogP contribution in [0, 0.1) is 11.3 Å². The Kier molecular flexibility index (Phi) is 7.13. The molecule has 3 unspecified atom stereocenters. The Bertz CT molecular complexity index is 956. The monoisotopic (exact) mass is 433 g/mol. The molecule has 2 fully saturated rings. The number of aromatic hydroxyl groups is 1. The van der Waals surface area contributed by atoms with E-state index in [0.29, 0.717) is 17.3 Å². The molecule has 0 spiro atoms. The van der Waals surface area contributed by atoms with Crippen LogP contribution in [0.25, 0.3) is 0 Å². The second-order valence-electron chi connectivity index (χ2n) is 8.76. The molecule has 4 N–H and O–H groups in total. The fraction of sp³-hybridized carbons (Fsp3) is 0.440. The van der Waals surface area contributed by atoms with Crippen LogP contribution in [-0.2, 0) is 0 Å². The molecule has 7 heteroatoms. The lowest BCUT2D eigenvalue weighted by molar-refractivity contribution is 0.226. The molecule has 2 aromatic rings. The van der Waals surface area contributed by atoms with Gasteiger partial charge < -0.3 is 26.0 Å². The standard InChI is InChI=1S/C25H31N5O2/c26-16-18-10-12-21(13-11-18)30-14-4-6-20(17-30)27-23-8-1-2-9-24(23)29-25(32)28-19-5-3-7-22(31)15-19/h3,5,7,10-13,15,20,23-24,27,31H,1-2,4,6,8-9,14,17H2,(H2,28,29,32). The van der Waals surface area contributed by atoms with Gasteiger partial charge in [-0.25, -0.2) is 4.79 Å². The van der Waals surface area contributed by atoms with Crippen LogP contribution in [0.4, 0.5) is 16.2 Å². The highest BCUT2D eigenvalue weighted by atomic mass is 16.3. The summed E-state index contributed by atoms with van der Waals surface area (Å²) >= 11 is 0. The van der Waals surface area contributed by atoms with Crippen LogP contribution in [0.15, 0.2) is 48.5 Å².